The van der Waals surface area contributed by atoms with Crippen molar-refractivity contribution in [1.29, 1.82) is 0 Å². The van der Waals surface area contributed by atoms with E-state index in [4.69, 9.17) is 0 Å². The molecule has 106 valence electrons. The van der Waals surface area contributed by atoms with E-state index < -0.39 is 0 Å². The highest BCUT2D eigenvalue weighted by atomic mass is 15.2. The van der Waals surface area contributed by atoms with Gasteiger partial charge >= 0.3 is 0 Å². The van der Waals surface area contributed by atoms with Gasteiger partial charge in [-0.3, -0.25) is 0 Å². The van der Waals surface area contributed by atoms with E-state index in [1.54, 1.807) is 0 Å². The van der Waals surface area contributed by atoms with Crippen molar-refractivity contribution < 1.29 is 0 Å². The van der Waals surface area contributed by atoms with E-state index in [-0.39, 0.29) is 0 Å². The molecule has 0 atom stereocenters. The number of nitrogens with one attached hydrogen (secondary N) is 1. The van der Waals surface area contributed by atoms with E-state index >= 15 is 0 Å². The van der Waals surface area contributed by atoms with Crippen molar-refractivity contribution in [3.63, 3.8) is 0 Å². The Hall–Kier alpha value is -2.42. The summed E-state index contributed by atoms with van der Waals surface area (Å²) in [5.74, 6) is 0.848. The van der Waals surface area contributed by atoms with Gasteiger partial charge in [0.2, 0.25) is 0 Å². The maximum Gasteiger partial charge on any atom is 0.156 e. The summed E-state index contributed by atoms with van der Waals surface area (Å²) in [7, 11) is 0. The average molecular weight is 277 g/mol. The molecule has 0 unspecified atom stereocenters. The minimum absolute atomic E-state index is 0.835. The van der Waals surface area contributed by atoms with Crippen molar-refractivity contribution in [2.24, 2.45) is 0 Å². The third-order valence-corrected chi connectivity index (χ3v) is 3.81. The molecule has 0 amide bonds. The van der Waals surface area contributed by atoms with Crippen LogP contribution in [0.2, 0.25) is 0 Å². The van der Waals surface area contributed by atoms with Crippen molar-refractivity contribution in [3.05, 3.63) is 53.6 Å². The second kappa shape index (κ2) is 5.52. The normalized spacial score (nSPS) is 10.8. The second-order valence-electron chi connectivity index (χ2n) is 5.27. The molecule has 0 radical (unpaired) electrons. The van der Waals surface area contributed by atoms with Gasteiger partial charge in [0.15, 0.2) is 5.82 Å². The number of rotatable bonds is 3. The first-order chi connectivity index (χ1) is 10.2. The predicted octanol–water partition coefficient (Wildman–Crippen LogP) is 4.35. The quantitative estimate of drug-likeness (QED) is 0.773. The molecular weight excluding hydrogens is 258 g/mol. The van der Waals surface area contributed by atoms with Crippen molar-refractivity contribution in [2.75, 3.05) is 11.9 Å². The van der Waals surface area contributed by atoms with Gasteiger partial charge in [-0.2, -0.15) is 0 Å². The third kappa shape index (κ3) is 2.47. The Balaban J connectivity index is 2.23. The van der Waals surface area contributed by atoms with Crippen LogP contribution < -0.4 is 5.32 Å². The van der Waals surface area contributed by atoms with Crippen LogP contribution in [0.1, 0.15) is 18.1 Å². The maximum absolute atomic E-state index is 4.45. The Morgan fingerprint density at radius 2 is 1.67 bits per heavy atom. The van der Waals surface area contributed by atoms with Gasteiger partial charge in [-0.25, -0.2) is 0 Å². The van der Waals surface area contributed by atoms with Crippen molar-refractivity contribution in [3.8, 4) is 11.3 Å². The molecule has 3 aromatic rings. The van der Waals surface area contributed by atoms with E-state index in [2.05, 4.69) is 66.6 Å². The van der Waals surface area contributed by atoms with Crippen LogP contribution >= 0.6 is 0 Å². The fourth-order valence-corrected chi connectivity index (χ4v) is 2.50. The third-order valence-electron chi connectivity index (χ3n) is 3.81. The maximum atomic E-state index is 4.45. The molecule has 3 nitrogen and oxygen atoms in total. The lowest BCUT2D eigenvalue weighted by Crippen LogP contribution is -2.02. The summed E-state index contributed by atoms with van der Waals surface area (Å²) in [6.45, 7) is 7.15. The van der Waals surface area contributed by atoms with Crippen molar-refractivity contribution in [1.82, 2.24) is 10.2 Å². The van der Waals surface area contributed by atoms with E-state index in [1.165, 1.54) is 11.1 Å². The monoisotopic (exact) mass is 277 g/mol. The van der Waals surface area contributed by atoms with Gasteiger partial charge in [0.1, 0.15) is 5.69 Å². The second-order valence-corrected chi connectivity index (χ2v) is 5.27. The van der Waals surface area contributed by atoms with Crippen molar-refractivity contribution >= 4 is 16.6 Å². The van der Waals surface area contributed by atoms with E-state index in [9.17, 15) is 0 Å². The Bertz CT molecular complexity index is 794. The Kier molecular flexibility index (Phi) is 3.57. The van der Waals surface area contributed by atoms with Gasteiger partial charge in [0, 0.05) is 22.9 Å². The van der Waals surface area contributed by atoms with Gasteiger partial charge in [-0.15, -0.1) is 10.2 Å². The first-order valence-electron chi connectivity index (χ1n) is 7.27. The molecule has 0 saturated heterocycles. The number of nitrogens with zero attached hydrogens (tertiary/aromatic N) is 2. The van der Waals surface area contributed by atoms with Crippen LogP contribution in [0.5, 0.6) is 0 Å². The standard InChI is InChI=1S/C18H19N3/c1-4-19-18-16-8-6-5-7-15(16)17(20-21-18)14-10-9-12(2)13(3)11-14/h5-11H,4H2,1-3H3,(H,19,21). The van der Waals surface area contributed by atoms with Crippen LogP contribution in [-0.4, -0.2) is 16.7 Å². The SMILES string of the molecule is CCNc1nnc(-c2ccc(C)c(C)c2)c2ccccc12. The fraction of sp³-hybridized carbons (Fsp3) is 0.222. The van der Waals surface area contributed by atoms with E-state index in [0.29, 0.717) is 0 Å². The number of aryl methyl sites for hydroxylation is 2. The molecule has 2 aromatic carbocycles. The van der Waals surface area contributed by atoms with Crippen LogP contribution in [0.25, 0.3) is 22.0 Å². The summed E-state index contributed by atoms with van der Waals surface area (Å²) >= 11 is 0. The molecule has 0 aliphatic carbocycles. The molecule has 0 spiro atoms. The number of hydrogen-bond donors (Lipinski definition) is 1. The number of benzene rings is 2. The van der Waals surface area contributed by atoms with Crippen LogP contribution in [-0.2, 0) is 0 Å². The lowest BCUT2D eigenvalue weighted by molar-refractivity contribution is 1.03. The molecule has 0 bridgehead atoms. The molecule has 21 heavy (non-hydrogen) atoms. The average Bonchev–Trinajstić information content (AvgIpc) is 2.51. The predicted molar refractivity (Wildman–Crippen MR) is 88.6 cm³/mol. The summed E-state index contributed by atoms with van der Waals surface area (Å²) < 4.78 is 0. The van der Waals surface area contributed by atoms with Crippen molar-refractivity contribution in [2.45, 2.75) is 20.8 Å². The highest BCUT2D eigenvalue weighted by Crippen LogP contribution is 2.30. The van der Waals surface area contributed by atoms with Crippen LogP contribution in [0, 0.1) is 13.8 Å². The summed E-state index contributed by atoms with van der Waals surface area (Å²) in [4.78, 5) is 0. The van der Waals surface area contributed by atoms with Gasteiger partial charge in [0.05, 0.1) is 0 Å². The molecule has 0 aliphatic heterocycles. The molecule has 0 fully saturated rings. The molecule has 0 aliphatic rings. The number of aromatic nitrogens is 2. The smallest absolute Gasteiger partial charge is 0.156 e. The topological polar surface area (TPSA) is 37.8 Å². The highest BCUT2D eigenvalue weighted by molar-refractivity contribution is 6.00. The molecule has 1 N–H and O–H groups in total. The zero-order valence-corrected chi connectivity index (χ0v) is 12.6. The van der Waals surface area contributed by atoms with Gasteiger partial charge in [-0.1, -0.05) is 36.4 Å². The van der Waals surface area contributed by atoms with Gasteiger partial charge < -0.3 is 5.32 Å². The molecule has 3 heteroatoms. The fourth-order valence-electron chi connectivity index (χ4n) is 2.50. The number of fused-ring (bicyclic) bond motifs is 1. The minimum atomic E-state index is 0.835. The first-order valence-corrected chi connectivity index (χ1v) is 7.27. The summed E-state index contributed by atoms with van der Waals surface area (Å²) in [6, 6.07) is 14.7. The van der Waals surface area contributed by atoms with E-state index in [0.717, 1.165) is 34.4 Å². The summed E-state index contributed by atoms with van der Waals surface area (Å²) in [6.07, 6.45) is 0. The lowest BCUT2D eigenvalue weighted by atomic mass is 10.0. The molecule has 0 saturated carbocycles. The van der Waals surface area contributed by atoms with E-state index in [1.807, 2.05) is 12.1 Å². The summed E-state index contributed by atoms with van der Waals surface area (Å²) in [5.41, 5.74) is 4.62. The zero-order chi connectivity index (χ0) is 14.8. The van der Waals surface area contributed by atoms with Crippen LogP contribution in [0.4, 0.5) is 5.82 Å². The molecule has 3 rings (SSSR count). The molecule has 1 aromatic heterocycles. The molecule has 1 heterocycles. The minimum Gasteiger partial charge on any atom is -0.368 e. The Labute approximate surface area is 125 Å². The largest absolute Gasteiger partial charge is 0.368 e. The Morgan fingerprint density at radius 3 is 2.38 bits per heavy atom. The summed E-state index contributed by atoms with van der Waals surface area (Å²) in [5, 5.41) is 14.3. The van der Waals surface area contributed by atoms with Gasteiger partial charge in [0.25, 0.3) is 0 Å². The lowest BCUT2D eigenvalue weighted by Gasteiger charge is -2.11. The zero-order valence-electron chi connectivity index (χ0n) is 12.6. The van der Waals surface area contributed by atoms with Gasteiger partial charge in [-0.05, 0) is 38.0 Å². The van der Waals surface area contributed by atoms with Crippen LogP contribution in [0.15, 0.2) is 42.5 Å². The first kappa shape index (κ1) is 13.6. The Morgan fingerprint density at radius 1 is 0.905 bits per heavy atom. The highest BCUT2D eigenvalue weighted by Gasteiger charge is 2.10. The van der Waals surface area contributed by atoms with Crippen LogP contribution in [0.3, 0.4) is 0 Å². The number of hydrogen-bond acceptors (Lipinski definition) is 3. The molecular formula is C18H19N3. The number of anilines is 1.